The highest BCUT2D eigenvalue weighted by atomic mass is 32.1. The highest BCUT2D eigenvalue weighted by molar-refractivity contribution is 7.19. The van der Waals surface area contributed by atoms with Gasteiger partial charge in [0, 0.05) is 24.0 Å². The minimum absolute atomic E-state index is 0.0489. The van der Waals surface area contributed by atoms with Gasteiger partial charge in [-0.2, -0.15) is 0 Å². The molecular formula is C22H23N5O5S. The highest BCUT2D eigenvalue weighted by Gasteiger charge is 2.35. The van der Waals surface area contributed by atoms with Crippen molar-refractivity contribution in [3.8, 4) is 27.8 Å². The standard InChI is InChI=1S/C22H23N5O5S/c1-11-10-32-22(28)27(11)21-25-14-6-5-12-9-23-20(26-17(12)19(14)33-21)24-13-7-15(29-2)18(31-4)16(8-13)30-3/h7-9,11H,5-6,10H2,1-4H3,(H,23,24,26). The van der Waals surface area contributed by atoms with Crippen LogP contribution in [0.5, 0.6) is 17.2 Å². The van der Waals surface area contributed by atoms with E-state index in [9.17, 15) is 4.79 Å². The summed E-state index contributed by atoms with van der Waals surface area (Å²) in [5.41, 5.74) is 3.50. The van der Waals surface area contributed by atoms with Crippen LogP contribution in [0.25, 0.3) is 10.6 Å². The number of fused-ring (bicyclic) bond motifs is 3. The van der Waals surface area contributed by atoms with E-state index in [0.717, 1.165) is 34.7 Å². The monoisotopic (exact) mass is 469 g/mol. The normalized spacial score (nSPS) is 16.7. The minimum atomic E-state index is -0.360. The van der Waals surface area contributed by atoms with Gasteiger partial charge in [0.05, 0.1) is 43.6 Å². The van der Waals surface area contributed by atoms with Crippen molar-refractivity contribution < 1.29 is 23.7 Å². The van der Waals surface area contributed by atoms with Crippen LogP contribution in [0.4, 0.5) is 21.6 Å². The van der Waals surface area contributed by atoms with Crippen LogP contribution < -0.4 is 24.4 Å². The molecule has 2 aromatic heterocycles. The van der Waals surface area contributed by atoms with E-state index in [1.165, 1.54) is 11.3 Å². The summed E-state index contributed by atoms with van der Waals surface area (Å²) in [5.74, 6) is 1.99. The Kier molecular flexibility index (Phi) is 5.41. The molecule has 0 saturated carbocycles. The number of carbonyl (C=O) groups is 1. The van der Waals surface area contributed by atoms with E-state index in [4.69, 9.17) is 28.9 Å². The summed E-state index contributed by atoms with van der Waals surface area (Å²) >= 11 is 1.45. The molecule has 2 aliphatic rings. The number of rotatable bonds is 6. The zero-order valence-electron chi connectivity index (χ0n) is 18.7. The van der Waals surface area contributed by atoms with Crippen LogP contribution >= 0.6 is 11.3 Å². The third-order valence-electron chi connectivity index (χ3n) is 5.61. The first-order valence-electron chi connectivity index (χ1n) is 10.4. The van der Waals surface area contributed by atoms with E-state index in [0.29, 0.717) is 40.6 Å². The van der Waals surface area contributed by atoms with E-state index in [-0.39, 0.29) is 12.1 Å². The van der Waals surface area contributed by atoms with Crippen LogP contribution in [0.3, 0.4) is 0 Å². The van der Waals surface area contributed by atoms with Crippen molar-refractivity contribution in [3.05, 3.63) is 29.6 Å². The number of carbonyl (C=O) groups excluding carboxylic acids is 1. The number of hydrogen-bond acceptors (Lipinski definition) is 10. The molecule has 1 amide bonds. The first-order valence-corrected chi connectivity index (χ1v) is 11.2. The van der Waals surface area contributed by atoms with Gasteiger partial charge in [-0.15, -0.1) is 0 Å². The number of hydrogen-bond donors (Lipinski definition) is 1. The minimum Gasteiger partial charge on any atom is -0.493 e. The van der Waals surface area contributed by atoms with Gasteiger partial charge in [0.15, 0.2) is 16.6 Å². The molecule has 1 N–H and O–H groups in total. The van der Waals surface area contributed by atoms with Crippen LogP contribution in [0.15, 0.2) is 18.3 Å². The number of methoxy groups -OCH3 is 3. The number of thiazole rings is 1. The summed E-state index contributed by atoms with van der Waals surface area (Å²) in [7, 11) is 4.69. The molecule has 1 aliphatic heterocycles. The van der Waals surface area contributed by atoms with E-state index >= 15 is 0 Å². The number of aryl methyl sites for hydroxylation is 2. The zero-order chi connectivity index (χ0) is 23.1. The summed E-state index contributed by atoms with van der Waals surface area (Å²) < 4.78 is 21.4. The molecule has 5 rings (SSSR count). The first-order chi connectivity index (χ1) is 16.0. The predicted octanol–water partition coefficient (Wildman–Crippen LogP) is 3.81. The van der Waals surface area contributed by atoms with Gasteiger partial charge in [-0.3, -0.25) is 0 Å². The van der Waals surface area contributed by atoms with Gasteiger partial charge in [0.2, 0.25) is 11.7 Å². The summed E-state index contributed by atoms with van der Waals surface area (Å²) in [4.78, 5) is 28.7. The maximum absolute atomic E-state index is 12.2. The molecule has 1 unspecified atom stereocenters. The fourth-order valence-electron chi connectivity index (χ4n) is 3.96. The van der Waals surface area contributed by atoms with Crippen LogP contribution in [-0.2, 0) is 17.6 Å². The van der Waals surface area contributed by atoms with E-state index < -0.39 is 0 Å². The molecule has 1 atom stereocenters. The van der Waals surface area contributed by atoms with Crippen molar-refractivity contribution in [2.75, 3.05) is 38.2 Å². The second-order valence-electron chi connectivity index (χ2n) is 7.67. The SMILES string of the molecule is COc1cc(Nc2ncc3c(n2)-c2sc(N4C(=O)OCC4C)nc2CC3)cc(OC)c1OC. The lowest BCUT2D eigenvalue weighted by atomic mass is 10.00. The average molecular weight is 470 g/mol. The Bertz CT molecular complexity index is 1200. The van der Waals surface area contributed by atoms with Crippen molar-refractivity contribution >= 4 is 34.2 Å². The maximum Gasteiger partial charge on any atom is 0.416 e. The number of cyclic esters (lactones) is 1. The van der Waals surface area contributed by atoms with Gasteiger partial charge < -0.3 is 24.3 Å². The van der Waals surface area contributed by atoms with Crippen molar-refractivity contribution in [2.24, 2.45) is 0 Å². The summed E-state index contributed by atoms with van der Waals surface area (Å²) in [6, 6.07) is 3.54. The molecule has 3 aromatic rings. The van der Waals surface area contributed by atoms with Crippen LogP contribution in [-0.4, -0.2) is 55.0 Å². The lowest BCUT2D eigenvalue weighted by molar-refractivity contribution is 0.179. The molecule has 1 fully saturated rings. The molecule has 10 nitrogen and oxygen atoms in total. The summed E-state index contributed by atoms with van der Waals surface area (Å²) in [5, 5.41) is 3.86. The van der Waals surface area contributed by atoms with Crippen LogP contribution in [0, 0.1) is 0 Å². The molecular weight excluding hydrogens is 446 g/mol. The number of benzene rings is 1. The molecule has 11 heteroatoms. The summed E-state index contributed by atoms with van der Waals surface area (Å²) in [6.45, 7) is 2.31. The zero-order valence-corrected chi connectivity index (χ0v) is 19.5. The molecule has 3 heterocycles. The molecule has 0 radical (unpaired) electrons. The maximum atomic E-state index is 12.2. The lowest BCUT2D eigenvalue weighted by Gasteiger charge is -2.16. The fourth-order valence-corrected chi connectivity index (χ4v) is 5.19. The van der Waals surface area contributed by atoms with E-state index in [1.54, 1.807) is 38.4 Å². The number of nitrogens with one attached hydrogen (secondary N) is 1. The first kappa shape index (κ1) is 21.3. The van der Waals surface area contributed by atoms with Gasteiger partial charge in [-0.05, 0) is 25.3 Å². The topological polar surface area (TPSA) is 108 Å². The van der Waals surface area contributed by atoms with Gasteiger partial charge in [0.25, 0.3) is 0 Å². The van der Waals surface area contributed by atoms with E-state index in [2.05, 4.69) is 10.3 Å². The largest absolute Gasteiger partial charge is 0.493 e. The summed E-state index contributed by atoms with van der Waals surface area (Å²) in [6.07, 6.45) is 3.04. The third-order valence-corrected chi connectivity index (χ3v) is 6.71. The van der Waals surface area contributed by atoms with Gasteiger partial charge >= 0.3 is 6.09 Å². The Labute approximate surface area is 194 Å². The molecule has 1 aliphatic carbocycles. The van der Waals surface area contributed by atoms with Gasteiger partial charge in [0.1, 0.15) is 6.61 Å². The van der Waals surface area contributed by atoms with Crippen LogP contribution in [0.2, 0.25) is 0 Å². The van der Waals surface area contributed by atoms with E-state index in [1.807, 2.05) is 13.1 Å². The van der Waals surface area contributed by atoms with Crippen molar-refractivity contribution in [1.29, 1.82) is 0 Å². The quantitative estimate of drug-likeness (QED) is 0.576. The lowest BCUT2D eigenvalue weighted by Crippen LogP contribution is -2.30. The average Bonchev–Trinajstić information content (AvgIpc) is 3.40. The number of anilines is 3. The highest BCUT2D eigenvalue weighted by Crippen LogP contribution is 2.42. The van der Waals surface area contributed by atoms with Crippen molar-refractivity contribution in [1.82, 2.24) is 15.0 Å². The Morgan fingerprint density at radius 3 is 2.52 bits per heavy atom. The third kappa shape index (κ3) is 3.67. The Morgan fingerprint density at radius 2 is 1.88 bits per heavy atom. The van der Waals surface area contributed by atoms with Crippen LogP contribution in [0.1, 0.15) is 18.2 Å². The Morgan fingerprint density at radius 1 is 1.12 bits per heavy atom. The second kappa shape index (κ2) is 8.39. The second-order valence-corrected chi connectivity index (χ2v) is 8.65. The molecule has 172 valence electrons. The number of aromatic nitrogens is 3. The van der Waals surface area contributed by atoms with Gasteiger partial charge in [-0.1, -0.05) is 11.3 Å². The molecule has 33 heavy (non-hydrogen) atoms. The number of amides is 1. The molecule has 0 spiro atoms. The van der Waals surface area contributed by atoms with Crippen molar-refractivity contribution in [3.63, 3.8) is 0 Å². The molecule has 1 aromatic carbocycles. The smallest absolute Gasteiger partial charge is 0.416 e. The predicted molar refractivity (Wildman–Crippen MR) is 123 cm³/mol. The molecule has 1 saturated heterocycles. The Balaban J connectivity index is 1.49. The fraction of sp³-hybridized carbons (Fsp3) is 0.364. The van der Waals surface area contributed by atoms with Crippen molar-refractivity contribution in [2.45, 2.75) is 25.8 Å². The number of ether oxygens (including phenoxy) is 4. The number of nitrogens with zero attached hydrogens (tertiary/aromatic N) is 4. The van der Waals surface area contributed by atoms with Gasteiger partial charge in [-0.25, -0.2) is 24.6 Å². The Hall–Kier alpha value is -3.60. The molecule has 0 bridgehead atoms.